The van der Waals surface area contributed by atoms with E-state index in [4.69, 9.17) is 4.74 Å². The van der Waals surface area contributed by atoms with Gasteiger partial charge < -0.3 is 9.64 Å². The lowest BCUT2D eigenvalue weighted by atomic mass is 10.00. The van der Waals surface area contributed by atoms with E-state index in [9.17, 15) is 13.2 Å². The van der Waals surface area contributed by atoms with Gasteiger partial charge in [-0.05, 0) is 27.2 Å². The van der Waals surface area contributed by atoms with Crippen LogP contribution in [0.3, 0.4) is 0 Å². The molecule has 2 aliphatic rings. The van der Waals surface area contributed by atoms with Crippen LogP contribution in [0, 0.1) is 6.92 Å². The van der Waals surface area contributed by atoms with E-state index in [1.54, 1.807) is 4.90 Å². The second-order valence-electron chi connectivity index (χ2n) is 7.39. The first-order chi connectivity index (χ1) is 11.6. The first-order valence-corrected chi connectivity index (χ1v) is 11.1. The number of piperazine rings is 1. The fourth-order valence-corrected chi connectivity index (χ4v) is 5.51. The van der Waals surface area contributed by atoms with E-state index in [0.717, 1.165) is 23.7 Å². The van der Waals surface area contributed by atoms with Crippen molar-refractivity contribution in [3.8, 4) is 0 Å². The van der Waals surface area contributed by atoms with Crippen molar-refractivity contribution in [1.82, 2.24) is 14.2 Å². The number of thiazole rings is 1. The standard InChI is InChI=1S/C16H25N3O4S2/c1-11-13(24-14(17-11)12-5-8-23-9-12)15(20)19-7-6-18(25(4,21)22)10-16(19,2)3/h12H,5-10H2,1-4H3. The average molecular weight is 388 g/mol. The van der Waals surface area contributed by atoms with Gasteiger partial charge in [-0.2, -0.15) is 4.31 Å². The van der Waals surface area contributed by atoms with Gasteiger partial charge >= 0.3 is 0 Å². The van der Waals surface area contributed by atoms with Crippen molar-refractivity contribution in [1.29, 1.82) is 0 Å². The molecule has 140 valence electrons. The second kappa shape index (κ2) is 6.61. The molecule has 2 saturated heterocycles. The maximum Gasteiger partial charge on any atom is 0.266 e. The Balaban J connectivity index is 1.81. The minimum absolute atomic E-state index is 0.0571. The first kappa shape index (κ1) is 18.8. The number of aryl methyl sites for hydroxylation is 1. The molecule has 1 amide bonds. The summed E-state index contributed by atoms with van der Waals surface area (Å²) in [5.41, 5.74) is 0.184. The number of nitrogens with zero attached hydrogens (tertiary/aromatic N) is 3. The summed E-state index contributed by atoms with van der Waals surface area (Å²) in [6.07, 6.45) is 2.16. The Hall–Kier alpha value is -1.03. The fourth-order valence-electron chi connectivity index (χ4n) is 3.41. The number of aromatic nitrogens is 1. The lowest BCUT2D eigenvalue weighted by molar-refractivity contribution is 0.0357. The number of carbonyl (C=O) groups is 1. The van der Waals surface area contributed by atoms with Crippen LogP contribution in [-0.2, 0) is 14.8 Å². The van der Waals surface area contributed by atoms with Crippen LogP contribution in [-0.4, -0.2) is 73.2 Å². The number of hydrogen-bond acceptors (Lipinski definition) is 6. The average Bonchev–Trinajstić information content (AvgIpc) is 3.13. The zero-order chi connectivity index (χ0) is 18.4. The van der Waals surface area contributed by atoms with Gasteiger partial charge in [0.15, 0.2) is 0 Å². The Bertz CT molecular complexity index is 766. The highest BCUT2D eigenvalue weighted by molar-refractivity contribution is 7.88. The van der Waals surface area contributed by atoms with Crippen LogP contribution >= 0.6 is 11.3 Å². The largest absolute Gasteiger partial charge is 0.381 e. The van der Waals surface area contributed by atoms with Gasteiger partial charge in [0.2, 0.25) is 10.0 Å². The molecule has 1 atom stereocenters. The minimum Gasteiger partial charge on any atom is -0.381 e. The van der Waals surface area contributed by atoms with E-state index in [-0.39, 0.29) is 11.8 Å². The Morgan fingerprint density at radius 1 is 1.36 bits per heavy atom. The monoisotopic (exact) mass is 387 g/mol. The molecular formula is C16H25N3O4S2. The third-order valence-electron chi connectivity index (χ3n) is 4.87. The number of amides is 1. The molecule has 2 aliphatic heterocycles. The summed E-state index contributed by atoms with van der Waals surface area (Å²) in [7, 11) is -3.25. The highest BCUT2D eigenvalue weighted by Gasteiger charge is 2.41. The van der Waals surface area contributed by atoms with E-state index in [0.29, 0.717) is 31.1 Å². The fraction of sp³-hybridized carbons (Fsp3) is 0.750. The van der Waals surface area contributed by atoms with Crippen molar-refractivity contribution in [2.24, 2.45) is 0 Å². The molecule has 9 heteroatoms. The number of carbonyl (C=O) groups excluding carboxylic acids is 1. The molecule has 1 aromatic heterocycles. The molecule has 7 nitrogen and oxygen atoms in total. The van der Waals surface area contributed by atoms with Crippen LogP contribution < -0.4 is 0 Å². The quantitative estimate of drug-likeness (QED) is 0.784. The Labute approximate surface area is 153 Å². The van der Waals surface area contributed by atoms with Gasteiger partial charge in [0.05, 0.1) is 29.1 Å². The lowest BCUT2D eigenvalue weighted by Gasteiger charge is -2.46. The van der Waals surface area contributed by atoms with Gasteiger partial charge in [-0.1, -0.05) is 0 Å². The summed E-state index contributed by atoms with van der Waals surface area (Å²) in [5, 5.41) is 0.964. The minimum atomic E-state index is -3.25. The van der Waals surface area contributed by atoms with Gasteiger partial charge in [-0.3, -0.25) is 4.79 Å². The summed E-state index contributed by atoms with van der Waals surface area (Å²) in [5.74, 6) is 0.221. The summed E-state index contributed by atoms with van der Waals surface area (Å²) >= 11 is 1.45. The molecular weight excluding hydrogens is 362 g/mol. The maximum absolute atomic E-state index is 13.1. The van der Waals surface area contributed by atoms with Crippen molar-refractivity contribution in [2.75, 3.05) is 39.1 Å². The molecule has 0 aromatic carbocycles. The van der Waals surface area contributed by atoms with E-state index < -0.39 is 15.6 Å². The molecule has 0 N–H and O–H groups in total. The number of ether oxygens (including phenoxy) is 1. The summed E-state index contributed by atoms with van der Waals surface area (Å²) < 4.78 is 30.5. The number of hydrogen-bond donors (Lipinski definition) is 0. The highest BCUT2D eigenvalue weighted by atomic mass is 32.2. The van der Waals surface area contributed by atoms with Gasteiger partial charge in [0, 0.05) is 32.2 Å². The predicted octanol–water partition coefficient (Wildman–Crippen LogP) is 1.45. The molecule has 3 rings (SSSR count). The molecule has 25 heavy (non-hydrogen) atoms. The van der Waals surface area contributed by atoms with Crippen molar-refractivity contribution < 1.29 is 17.9 Å². The van der Waals surface area contributed by atoms with Crippen molar-refractivity contribution in [2.45, 2.75) is 38.6 Å². The van der Waals surface area contributed by atoms with Crippen LogP contribution in [0.4, 0.5) is 0 Å². The highest BCUT2D eigenvalue weighted by Crippen LogP contribution is 2.33. The number of rotatable bonds is 3. The number of sulfonamides is 1. The van der Waals surface area contributed by atoms with Crippen LogP contribution in [0.15, 0.2) is 0 Å². The van der Waals surface area contributed by atoms with Crippen molar-refractivity contribution >= 4 is 27.3 Å². The van der Waals surface area contributed by atoms with E-state index in [2.05, 4.69) is 4.98 Å². The van der Waals surface area contributed by atoms with Crippen LogP contribution in [0.25, 0.3) is 0 Å². The maximum atomic E-state index is 13.1. The smallest absolute Gasteiger partial charge is 0.266 e. The Morgan fingerprint density at radius 2 is 2.08 bits per heavy atom. The SMILES string of the molecule is Cc1nc(C2CCOC2)sc1C(=O)N1CCN(S(C)(=O)=O)CC1(C)C. The zero-order valence-corrected chi connectivity index (χ0v) is 16.7. The third-order valence-corrected chi connectivity index (χ3v) is 7.43. The predicted molar refractivity (Wildman–Crippen MR) is 96.6 cm³/mol. The topological polar surface area (TPSA) is 79.8 Å². The van der Waals surface area contributed by atoms with Gasteiger partial charge in [0.25, 0.3) is 5.91 Å². The van der Waals surface area contributed by atoms with Crippen LogP contribution in [0.1, 0.15) is 46.6 Å². The Kier molecular flexibility index (Phi) is 4.95. The molecule has 2 fully saturated rings. The molecule has 3 heterocycles. The van der Waals surface area contributed by atoms with E-state index in [1.807, 2.05) is 20.8 Å². The van der Waals surface area contributed by atoms with Crippen molar-refractivity contribution in [3.63, 3.8) is 0 Å². The van der Waals surface area contributed by atoms with Crippen molar-refractivity contribution in [3.05, 3.63) is 15.6 Å². The van der Waals surface area contributed by atoms with Crippen LogP contribution in [0.5, 0.6) is 0 Å². The molecule has 1 unspecified atom stereocenters. The van der Waals surface area contributed by atoms with E-state index in [1.165, 1.54) is 21.9 Å². The molecule has 0 saturated carbocycles. The Morgan fingerprint density at radius 3 is 2.64 bits per heavy atom. The summed E-state index contributed by atoms with van der Waals surface area (Å²) in [6, 6.07) is 0. The van der Waals surface area contributed by atoms with Gasteiger partial charge in [-0.25, -0.2) is 13.4 Å². The zero-order valence-electron chi connectivity index (χ0n) is 15.1. The summed E-state index contributed by atoms with van der Waals surface area (Å²) in [6.45, 7) is 8.11. The third kappa shape index (κ3) is 3.74. The molecule has 0 bridgehead atoms. The van der Waals surface area contributed by atoms with Gasteiger partial charge in [0.1, 0.15) is 4.88 Å². The van der Waals surface area contributed by atoms with Gasteiger partial charge in [-0.15, -0.1) is 11.3 Å². The normalized spacial score (nSPS) is 24.6. The molecule has 0 aliphatic carbocycles. The van der Waals surface area contributed by atoms with Crippen LogP contribution in [0.2, 0.25) is 0 Å². The molecule has 0 spiro atoms. The first-order valence-electron chi connectivity index (χ1n) is 8.42. The summed E-state index contributed by atoms with van der Waals surface area (Å²) in [4.78, 5) is 20.2. The molecule has 0 radical (unpaired) electrons. The second-order valence-corrected chi connectivity index (χ2v) is 10.4. The lowest BCUT2D eigenvalue weighted by Crippen LogP contribution is -2.61. The van der Waals surface area contributed by atoms with E-state index >= 15 is 0 Å². The molecule has 1 aromatic rings.